The highest BCUT2D eigenvalue weighted by Gasteiger charge is 2.19. The van der Waals surface area contributed by atoms with Gasteiger partial charge >= 0.3 is 0 Å². The van der Waals surface area contributed by atoms with E-state index in [1.54, 1.807) is 12.4 Å². The summed E-state index contributed by atoms with van der Waals surface area (Å²) < 4.78 is 0. The van der Waals surface area contributed by atoms with E-state index in [1.165, 1.54) is 0 Å². The second-order valence-corrected chi connectivity index (χ2v) is 7.09. The van der Waals surface area contributed by atoms with Crippen molar-refractivity contribution >= 4 is 17.4 Å². The Balaban J connectivity index is 1.66. The first kappa shape index (κ1) is 19.4. The van der Waals surface area contributed by atoms with Gasteiger partial charge < -0.3 is 15.1 Å². The number of hydrogen-bond acceptors (Lipinski definition) is 5. The van der Waals surface area contributed by atoms with Crippen molar-refractivity contribution in [1.29, 1.82) is 5.26 Å². The molecule has 6 heteroatoms. The molecule has 0 atom stereocenters. The van der Waals surface area contributed by atoms with Crippen molar-refractivity contribution in [2.45, 2.75) is 20.8 Å². The van der Waals surface area contributed by atoms with E-state index in [-0.39, 0.29) is 11.5 Å². The lowest BCUT2D eigenvalue weighted by atomic mass is 10.0. The molecule has 6 nitrogen and oxygen atoms in total. The van der Waals surface area contributed by atoms with Crippen molar-refractivity contribution in [3.8, 4) is 6.07 Å². The normalized spacial score (nSPS) is 14.6. The quantitative estimate of drug-likeness (QED) is 0.656. The lowest BCUT2D eigenvalue weighted by Crippen LogP contribution is -2.44. The average molecular weight is 375 g/mol. The number of hydrogen-bond donors (Lipinski definition) is 1. The van der Waals surface area contributed by atoms with Gasteiger partial charge in [-0.1, -0.05) is 23.8 Å². The van der Waals surface area contributed by atoms with Crippen LogP contribution in [-0.4, -0.2) is 42.0 Å². The standard InChI is InChI=1S/C22H25N5O/c1-16-12-17(2)21(18(3)13-16)25-22(28)19(14-23)15-26-8-10-27(11-9-26)20-6-4-5-7-24-20/h4-7,12-13,15H,8-11H2,1-3H3,(H,25,28)/b19-15-. The van der Waals surface area contributed by atoms with E-state index in [0.717, 1.165) is 54.4 Å². The molecule has 1 aliphatic heterocycles. The predicted molar refractivity (Wildman–Crippen MR) is 111 cm³/mol. The molecular weight excluding hydrogens is 350 g/mol. The van der Waals surface area contributed by atoms with Gasteiger partial charge in [-0.05, 0) is 44.0 Å². The van der Waals surface area contributed by atoms with Crippen molar-refractivity contribution < 1.29 is 4.79 Å². The van der Waals surface area contributed by atoms with E-state index in [2.05, 4.69) is 15.2 Å². The molecule has 0 aliphatic carbocycles. The number of piperazine rings is 1. The van der Waals surface area contributed by atoms with Crippen molar-refractivity contribution in [3.05, 3.63) is 65.0 Å². The third-order valence-corrected chi connectivity index (χ3v) is 4.88. The van der Waals surface area contributed by atoms with Gasteiger partial charge in [-0.2, -0.15) is 5.26 Å². The van der Waals surface area contributed by atoms with Crippen LogP contribution < -0.4 is 10.2 Å². The zero-order chi connectivity index (χ0) is 20.1. The second-order valence-electron chi connectivity index (χ2n) is 7.09. The summed E-state index contributed by atoms with van der Waals surface area (Å²) in [4.78, 5) is 21.2. The Kier molecular flexibility index (Phi) is 5.95. The summed E-state index contributed by atoms with van der Waals surface area (Å²) in [7, 11) is 0. The van der Waals surface area contributed by atoms with Gasteiger partial charge in [0.15, 0.2) is 0 Å². The van der Waals surface area contributed by atoms with Gasteiger partial charge in [0.25, 0.3) is 5.91 Å². The smallest absolute Gasteiger partial charge is 0.267 e. The van der Waals surface area contributed by atoms with Gasteiger partial charge in [0.1, 0.15) is 17.5 Å². The van der Waals surface area contributed by atoms with Crippen LogP contribution in [0.5, 0.6) is 0 Å². The molecule has 1 saturated heterocycles. The SMILES string of the molecule is Cc1cc(C)c(NC(=O)/C(C#N)=C\N2CCN(c3ccccn3)CC2)c(C)c1. The van der Waals surface area contributed by atoms with E-state index in [0.29, 0.717) is 0 Å². The van der Waals surface area contributed by atoms with Crippen LogP contribution in [0.2, 0.25) is 0 Å². The summed E-state index contributed by atoms with van der Waals surface area (Å²) in [6.45, 7) is 9.00. The third kappa shape index (κ3) is 4.49. The summed E-state index contributed by atoms with van der Waals surface area (Å²) >= 11 is 0. The molecule has 2 aromatic rings. The molecule has 28 heavy (non-hydrogen) atoms. The number of anilines is 2. The molecule has 1 aromatic carbocycles. The number of nitrogens with one attached hydrogen (secondary N) is 1. The first-order valence-corrected chi connectivity index (χ1v) is 9.39. The Labute approximate surface area is 166 Å². The summed E-state index contributed by atoms with van der Waals surface area (Å²) in [5.41, 5.74) is 4.02. The Morgan fingerprint density at radius 1 is 1.14 bits per heavy atom. The van der Waals surface area contributed by atoms with Crippen LogP contribution in [0, 0.1) is 32.1 Å². The molecule has 1 N–H and O–H groups in total. The number of aromatic nitrogens is 1. The number of nitrogens with zero attached hydrogens (tertiary/aromatic N) is 4. The molecule has 1 amide bonds. The van der Waals surface area contributed by atoms with Crippen molar-refractivity contribution in [1.82, 2.24) is 9.88 Å². The minimum Gasteiger partial charge on any atom is -0.373 e. The highest BCUT2D eigenvalue weighted by molar-refractivity contribution is 6.07. The van der Waals surface area contributed by atoms with Crippen LogP contribution in [0.1, 0.15) is 16.7 Å². The van der Waals surface area contributed by atoms with Gasteiger partial charge in [-0.3, -0.25) is 4.79 Å². The van der Waals surface area contributed by atoms with E-state index >= 15 is 0 Å². The van der Waals surface area contributed by atoms with Crippen molar-refractivity contribution in [3.63, 3.8) is 0 Å². The molecule has 0 bridgehead atoms. The molecule has 1 aliphatic rings. The van der Waals surface area contributed by atoms with E-state index in [1.807, 2.05) is 62.1 Å². The van der Waals surface area contributed by atoms with Crippen molar-refractivity contribution in [2.75, 3.05) is 36.4 Å². The Morgan fingerprint density at radius 2 is 1.82 bits per heavy atom. The van der Waals surface area contributed by atoms with E-state index < -0.39 is 0 Å². The highest BCUT2D eigenvalue weighted by Crippen LogP contribution is 2.22. The number of rotatable bonds is 4. The zero-order valence-electron chi connectivity index (χ0n) is 16.6. The molecule has 0 saturated carbocycles. The van der Waals surface area contributed by atoms with Gasteiger partial charge in [-0.25, -0.2) is 4.98 Å². The van der Waals surface area contributed by atoms with Gasteiger partial charge in [0, 0.05) is 44.3 Å². The maximum Gasteiger partial charge on any atom is 0.267 e. The summed E-state index contributed by atoms with van der Waals surface area (Å²) in [6, 6.07) is 12.0. The molecule has 1 aromatic heterocycles. The number of pyridine rings is 1. The number of amides is 1. The van der Waals surface area contributed by atoms with E-state index in [4.69, 9.17) is 0 Å². The minimum atomic E-state index is -0.371. The van der Waals surface area contributed by atoms with Crippen LogP contribution >= 0.6 is 0 Å². The fourth-order valence-electron chi connectivity index (χ4n) is 3.50. The van der Waals surface area contributed by atoms with Crippen LogP contribution in [0.3, 0.4) is 0 Å². The van der Waals surface area contributed by atoms with Crippen LogP contribution in [0.15, 0.2) is 48.3 Å². The monoisotopic (exact) mass is 375 g/mol. The summed E-state index contributed by atoms with van der Waals surface area (Å²) in [6.07, 6.45) is 3.46. The number of carbonyl (C=O) groups excluding carboxylic acids is 1. The largest absolute Gasteiger partial charge is 0.373 e. The molecule has 3 rings (SSSR count). The maximum absolute atomic E-state index is 12.6. The predicted octanol–water partition coefficient (Wildman–Crippen LogP) is 3.18. The topological polar surface area (TPSA) is 72.3 Å². The minimum absolute atomic E-state index is 0.116. The van der Waals surface area contributed by atoms with Crippen molar-refractivity contribution in [2.24, 2.45) is 0 Å². The number of benzene rings is 1. The first-order valence-electron chi connectivity index (χ1n) is 9.39. The lowest BCUT2D eigenvalue weighted by Gasteiger charge is -2.34. The Bertz CT molecular complexity index is 899. The third-order valence-electron chi connectivity index (χ3n) is 4.88. The average Bonchev–Trinajstić information content (AvgIpc) is 2.70. The highest BCUT2D eigenvalue weighted by atomic mass is 16.1. The molecule has 0 unspecified atom stereocenters. The lowest BCUT2D eigenvalue weighted by molar-refractivity contribution is -0.112. The fourth-order valence-corrected chi connectivity index (χ4v) is 3.50. The van der Waals surface area contributed by atoms with Gasteiger partial charge in [0.05, 0.1) is 0 Å². The molecule has 144 valence electrons. The summed E-state index contributed by atoms with van der Waals surface area (Å²) in [5.74, 6) is 0.583. The molecule has 0 spiro atoms. The Morgan fingerprint density at radius 3 is 2.39 bits per heavy atom. The van der Waals surface area contributed by atoms with Crippen LogP contribution in [0.4, 0.5) is 11.5 Å². The maximum atomic E-state index is 12.6. The number of carbonyl (C=O) groups is 1. The molecule has 2 heterocycles. The number of nitriles is 1. The van der Waals surface area contributed by atoms with Crippen LogP contribution in [0.25, 0.3) is 0 Å². The van der Waals surface area contributed by atoms with E-state index in [9.17, 15) is 10.1 Å². The first-order chi connectivity index (χ1) is 13.5. The van der Waals surface area contributed by atoms with Crippen LogP contribution in [-0.2, 0) is 4.79 Å². The second kappa shape index (κ2) is 8.57. The fraction of sp³-hybridized carbons (Fsp3) is 0.318. The van der Waals surface area contributed by atoms with Gasteiger partial charge in [-0.15, -0.1) is 0 Å². The Hall–Kier alpha value is -3.33. The zero-order valence-corrected chi connectivity index (χ0v) is 16.6. The molecule has 1 fully saturated rings. The number of aryl methyl sites for hydroxylation is 3. The molecular formula is C22H25N5O. The van der Waals surface area contributed by atoms with Gasteiger partial charge in [0.2, 0.25) is 0 Å². The molecule has 0 radical (unpaired) electrons. The summed E-state index contributed by atoms with van der Waals surface area (Å²) in [5, 5.41) is 12.4.